The monoisotopic (exact) mass is 256 g/mol. The van der Waals surface area contributed by atoms with Crippen LogP contribution in [0.1, 0.15) is 24.6 Å². The molecule has 6 nitrogen and oxygen atoms in total. The molecule has 2 N–H and O–H groups in total. The molecule has 2 rings (SSSR count). The minimum Gasteiger partial charge on any atom is -0.384 e. The molecule has 0 bridgehead atoms. The Morgan fingerprint density at radius 1 is 1.41 bits per heavy atom. The van der Waals surface area contributed by atoms with Crippen LogP contribution in [-0.2, 0) is 10.0 Å². The SMILES string of the molecule is CS(=O)(=O)N1CCC(c2nccc(N)n2)CC1. The van der Waals surface area contributed by atoms with E-state index in [-0.39, 0.29) is 5.92 Å². The van der Waals surface area contributed by atoms with E-state index in [0.717, 1.165) is 18.7 Å². The Balaban J connectivity index is 2.05. The maximum Gasteiger partial charge on any atom is 0.211 e. The predicted octanol–water partition coefficient (Wildman–Crippen LogP) is 0.198. The van der Waals surface area contributed by atoms with Crippen molar-refractivity contribution in [2.45, 2.75) is 18.8 Å². The average molecular weight is 256 g/mol. The molecule has 0 radical (unpaired) electrons. The predicted molar refractivity (Wildman–Crippen MR) is 64.8 cm³/mol. The summed E-state index contributed by atoms with van der Waals surface area (Å²) in [5, 5.41) is 0. The van der Waals surface area contributed by atoms with E-state index in [1.54, 1.807) is 12.3 Å². The van der Waals surface area contributed by atoms with E-state index in [1.807, 2.05) is 0 Å². The van der Waals surface area contributed by atoms with Gasteiger partial charge in [0.25, 0.3) is 0 Å². The highest BCUT2D eigenvalue weighted by atomic mass is 32.2. The fourth-order valence-electron chi connectivity index (χ4n) is 2.03. The zero-order valence-electron chi connectivity index (χ0n) is 9.70. The van der Waals surface area contributed by atoms with Gasteiger partial charge in [0, 0.05) is 25.2 Å². The number of hydrogen-bond acceptors (Lipinski definition) is 5. The van der Waals surface area contributed by atoms with Gasteiger partial charge in [-0.05, 0) is 18.9 Å². The van der Waals surface area contributed by atoms with E-state index in [4.69, 9.17) is 5.73 Å². The minimum absolute atomic E-state index is 0.205. The van der Waals surface area contributed by atoms with E-state index in [0.29, 0.717) is 18.9 Å². The van der Waals surface area contributed by atoms with Crippen molar-refractivity contribution < 1.29 is 8.42 Å². The molecule has 2 heterocycles. The molecule has 1 aromatic rings. The first kappa shape index (κ1) is 12.3. The number of aromatic nitrogens is 2. The fourth-order valence-corrected chi connectivity index (χ4v) is 2.90. The molecule has 0 atom stereocenters. The zero-order valence-corrected chi connectivity index (χ0v) is 10.5. The summed E-state index contributed by atoms with van der Waals surface area (Å²) in [7, 11) is -3.07. The van der Waals surface area contributed by atoms with Crippen molar-refractivity contribution in [2.24, 2.45) is 0 Å². The van der Waals surface area contributed by atoms with E-state index in [9.17, 15) is 8.42 Å². The van der Waals surface area contributed by atoms with Gasteiger partial charge >= 0.3 is 0 Å². The Kier molecular flexibility index (Phi) is 3.30. The van der Waals surface area contributed by atoms with Crippen LogP contribution < -0.4 is 5.73 Å². The molecule has 7 heteroatoms. The van der Waals surface area contributed by atoms with Crippen LogP contribution in [0.5, 0.6) is 0 Å². The molecule has 1 aliphatic heterocycles. The highest BCUT2D eigenvalue weighted by Crippen LogP contribution is 2.26. The van der Waals surface area contributed by atoms with Crippen LogP contribution >= 0.6 is 0 Å². The molecule has 17 heavy (non-hydrogen) atoms. The molecule has 0 amide bonds. The minimum atomic E-state index is -3.07. The number of anilines is 1. The van der Waals surface area contributed by atoms with E-state index < -0.39 is 10.0 Å². The quantitative estimate of drug-likeness (QED) is 0.816. The Bertz CT molecular complexity index is 495. The maximum absolute atomic E-state index is 11.4. The fraction of sp³-hybridized carbons (Fsp3) is 0.600. The van der Waals surface area contributed by atoms with Gasteiger partial charge in [-0.1, -0.05) is 0 Å². The lowest BCUT2D eigenvalue weighted by Gasteiger charge is -2.29. The first-order valence-electron chi connectivity index (χ1n) is 5.50. The molecule has 0 spiro atoms. The molecule has 0 aliphatic carbocycles. The number of nitrogens with two attached hydrogens (primary N) is 1. The third-order valence-corrected chi connectivity index (χ3v) is 4.29. The third-order valence-electron chi connectivity index (χ3n) is 2.98. The van der Waals surface area contributed by atoms with Gasteiger partial charge < -0.3 is 5.73 Å². The Morgan fingerprint density at radius 3 is 2.59 bits per heavy atom. The normalized spacial score (nSPS) is 19.4. The third kappa shape index (κ3) is 2.92. The Hall–Kier alpha value is -1.21. The van der Waals surface area contributed by atoms with Crippen molar-refractivity contribution in [2.75, 3.05) is 25.1 Å². The van der Waals surface area contributed by atoms with Crippen molar-refractivity contribution in [1.82, 2.24) is 14.3 Å². The lowest BCUT2D eigenvalue weighted by atomic mass is 9.97. The number of sulfonamides is 1. The molecular weight excluding hydrogens is 240 g/mol. The van der Waals surface area contributed by atoms with Crippen molar-refractivity contribution in [3.63, 3.8) is 0 Å². The van der Waals surface area contributed by atoms with Crippen LogP contribution in [0.3, 0.4) is 0 Å². The van der Waals surface area contributed by atoms with Crippen LogP contribution in [0.2, 0.25) is 0 Å². The first-order chi connectivity index (χ1) is 7.97. The van der Waals surface area contributed by atoms with E-state index in [2.05, 4.69) is 9.97 Å². The summed E-state index contributed by atoms with van der Waals surface area (Å²) in [5.41, 5.74) is 5.60. The summed E-state index contributed by atoms with van der Waals surface area (Å²) in [4.78, 5) is 8.37. The number of hydrogen-bond donors (Lipinski definition) is 1. The van der Waals surface area contributed by atoms with Crippen LogP contribution in [0.4, 0.5) is 5.82 Å². The van der Waals surface area contributed by atoms with E-state index >= 15 is 0 Å². The largest absolute Gasteiger partial charge is 0.384 e. The summed E-state index contributed by atoms with van der Waals surface area (Å²) < 4.78 is 24.2. The number of nitrogens with zero attached hydrogens (tertiary/aromatic N) is 3. The van der Waals surface area contributed by atoms with Crippen LogP contribution in [-0.4, -0.2) is 42.0 Å². The Morgan fingerprint density at radius 2 is 2.06 bits per heavy atom. The van der Waals surface area contributed by atoms with Crippen molar-refractivity contribution in [3.05, 3.63) is 18.1 Å². The first-order valence-corrected chi connectivity index (χ1v) is 7.35. The van der Waals surface area contributed by atoms with Crippen molar-refractivity contribution in [3.8, 4) is 0 Å². The smallest absolute Gasteiger partial charge is 0.211 e. The van der Waals surface area contributed by atoms with E-state index in [1.165, 1.54) is 10.6 Å². The van der Waals surface area contributed by atoms with Gasteiger partial charge in [0.05, 0.1) is 6.26 Å². The topological polar surface area (TPSA) is 89.2 Å². The summed E-state index contributed by atoms with van der Waals surface area (Å²) >= 11 is 0. The molecule has 1 saturated heterocycles. The maximum atomic E-state index is 11.4. The molecule has 0 saturated carbocycles. The van der Waals surface area contributed by atoms with Gasteiger partial charge in [0.15, 0.2) is 0 Å². The zero-order chi connectivity index (χ0) is 12.5. The second-order valence-electron chi connectivity index (χ2n) is 4.28. The van der Waals surface area contributed by atoms with Gasteiger partial charge in [0.1, 0.15) is 11.6 Å². The molecule has 0 aromatic carbocycles. The molecule has 1 aliphatic rings. The number of piperidine rings is 1. The number of nitrogen functional groups attached to an aromatic ring is 1. The Labute approximate surface area is 101 Å². The summed E-state index contributed by atoms with van der Waals surface area (Å²) in [6.07, 6.45) is 4.37. The molecule has 94 valence electrons. The van der Waals surface area contributed by atoms with Crippen LogP contribution in [0, 0.1) is 0 Å². The van der Waals surface area contributed by atoms with Gasteiger partial charge in [0.2, 0.25) is 10.0 Å². The average Bonchev–Trinajstić information content (AvgIpc) is 2.28. The van der Waals surface area contributed by atoms with Gasteiger partial charge in [-0.2, -0.15) is 0 Å². The van der Waals surface area contributed by atoms with Crippen LogP contribution in [0.25, 0.3) is 0 Å². The van der Waals surface area contributed by atoms with Crippen molar-refractivity contribution in [1.29, 1.82) is 0 Å². The lowest BCUT2D eigenvalue weighted by molar-refractivity contribution is 0.315. The van der Waals surface area contributed by atoms with Crippen LogP contribution in [0.15, 0.2) is 12.3 Å². The highest BCUT2D eigenvalue weighted by molar-refractivity contribution is 7.88. The summed E-state index contributed by atoms with van der Waals surface area (Å²) in [6.45, 7) is 1.06. The molecular formula is C10H16N4O2S. The number of rotatable bonds is 2. The highest BCUT2D eigenvalue weighted by Gasteiger charge is 2.27. The standard InChI is InChI=1S/C10H16N4O2S/c1-17(15,16)14-6-3-8(4-7-14)10-12-5-2-9(11)13-10/h2,5,8H,3-4,6-7H2,1H3,(H2,11,12,13). The molecule has 1 fully saturated rings. The molecule has 1 aromatic heterocycles. The molecule has 0 unspecified atom stereocenters. The van der Waals surface area contributed by atoms with Crippen molar-refractivity contribution >= 4 is 15.8 Å². The summed E-state index contributed by atoms with van der Waals surface area (Å²) in [6, 6.07) is 1.65. The van der Waals surface area contributed by atoms with Gasteiger partial charge in [-0.25, -0.2) is 22.7 Å². The second-order valence-corrected chi connectivity index (χ2v) is 6.26. The second kappa shape index (κ2) is 4.58. The van der Waals surface area contributed by atoms with Gasteiger partial charge in [-0.15, -0.1) is 0 Å². The lowest BCUT2D eigenvalue weighted by Crippen LogP contribution is -2.37. The van der Waals surface area contributed by atoms with Gasteiger partial charge in [-0.3, -0.25) is 0 Å². The summed E-state index contributed by atoms with van der Waals surface area (Å²) in [5.74, 6) is 1.38.